The summed E-state index contributed by atoms with van der Waals surface area (Å²) in [5.74, 6) is -1.47. The Morgan fingerprint density at radius 3 is 2.44 bits per heavy atom. The number of furan rings is 1. The summed E-state index contributed by atoms with van der Waals surface area (Å²) >= 11 is 0. The van der Waals surface area contributed by atoms with Gasteiger partial charge in [0.1, 0.15) is 6.54 Å². The van der Waals surface area contributed by atoms with Crippen molar-refractivity contribution in [3.63, 3.8) is 0 Å². The lowest BCUT2D eigenvalue weighted by Crippen LogP contribution is -2.40. The Morgan fingerprint density at radius 1 is 1.12 bits per heavy atom. The van der Waals surface area contributed by atoms with Gasteiger partial charge in [0.2, 0.25) is 0 Å². The second-order valence-corrected chi connectivity index (χ2v) is 5.51. The average molecular weight is 344 g/mol. The van der Waals surface area contributed by atoms with E-state index in [9.17, 15) is 14.4 Å². The van der Waals surface area contributed by atoms with Crippen LogP contribution in [-0.4, -0.2) is 37.0 Å². The molecule has 2 rings (SSSR count). The number of hydrogen-bond acceptors (Lipinski definition) is 5. The Morgan fingerprint density at radius 2 is 1.84 bits per heavy atom. The van der Waals surface area contributed by atoms with Gasteiger partial charge >= 0.3 is 5.97 Å². The maximum atomic E-state index is 12.4. The Balaban J connectivity index is 1.83. The summed E-state index contributed by atoms with van der Waals surface area (Å²) in [7, 11) is 0. The van der Waals surface area contributed by atoms with Crippen LogP contribution in [0.25, 0.3) is 0 Å². The van der Waals surface area contributed by atoms with Crippen LogP contribution in [0.3, 0.4) is 0 Å². The summed E-state index contributed by atoms with van der Waals surface area (Å²) in [6, 6.07) is 12.1. The molecule has 0 aliphatic carbocycles. The first-order valence-corrected chi connectivity index (χ1v) is 7.83. The molecule has 1 aromatic carbocycles. The van der Waals surface area contributed by atoms with Gasteiger partial charge in [-0.25, -0.2) is 0 Å². The molecule has 2 amide bonds. The number of ether oxygens (including phenoxy) is 1. The third kappa shape index (κ3) is 5.20. The molecule has 2 aromatic rings. The van der Waals surface area contributed by atoms with Crippen LogP contribution in [0.2, 0.25) is 0 Å². The number of anilines is 1. The molecule has 1 heterocycles. The lowest BCUT2D eigenvalue weighted by Gasteiger charge is -2.26. The van der Waals surface area contributed by atoms with Crippen molar-refractivity contribution in [3.05, 3.63) is 54.5 Å². The van der Waals surface area contributed by atoms with Crippen LogP contribution in [0.1, 0.15) is 24.4 Å². The van der Waals surface area contributed by atoms with Gasteiger partial charge in [0.25, 0.3) is 11.8 Å². The van der Waals surface area contributed by atoms with Crippen LogP contribution in [-0.2, 0) is 14.3 Å². The SMILES string of the molecule is CC(C)N(C(=O)COC(=O)CNC(=O)c1ccco1)c1ccccc1. The highest BCUT2D eigenvalue weighted by Gasteiger charge is 2.20. The Hall–Kier alpha value is -3.09. The Labute approximate surface area is 145 Å². The quantitative estimate of drug-likeness (QED) is 0.776. The van der Waals surface area contributed by atoms with E-state index in [0.717, 1.165) is 5.69 Å². The molecule has 0 unspecified atom stereocenters. The van der Waals surface area contributed by atoms with E-state index < -0.39 is 18.5 Å². The number of carbonyl (C=O) groups is 3. The summed E-state index contributed by atoms with van der Waals surface area (Å²) in [6.45, 7) is 3.00. The minimum atomic E-state index is -0.704. The molecular weight excluding hydrogens is 324 g/mol. The van der Waals surface area contributed by atoms with Crippen molar-refractivity contribution in [1.29, 1.82) is 0 Å². The molecule has 0 aliphatic heterocycles. The van der Waals surface area contributed by atoms with Crippen molar-refractivity contribution in [2.75, 3.05) is 18.1 Å². The van der Waals surface area contributed by atoms with E-state index in [0.29, 0.717) is 0 Å². The number of benzene rings is 1. The number of nitrogens with one attached hydrogen (secondary N) is 1. The number of carbonyl (C=O) groups excluding carboxylic acids is 3. The Kier molecular flexibility index (Phi) is 6.33. The van der Waals surface area contributed by atoms with Gasteiger partial charge in [-0.3, -0.25) is 14.4 Å². The molecule has 25 heavy (non-hydrogen) atoms. The first-order valence-electron chi connectivity index (χ1n) is 7.83. The second-order valence-electron chi connectivity index (χ2n) is 5.51. The number of amides is 2. The van der Waals surface area contributed by atoms with Crippen LogP contribution in [0.15, 0.2) is 53.1 Å². The van der Waals surface area contributed by atoms with Crippen molar-refractivity contribution in [3.8, 4) is 0 Å². The molecule has 0 saturated carbocycles. The Bertz CT molecular complexity index is 710. The summed E-state index contributed by atoms with van der Waals surface area (Å²) in [5, 5.41) is 2.36. The summed E-state index contributed by atoms with van der Waals surface area (Å²) in [4.78, 5) is 37.3. The summed E-state index contributed by atoms with van der Waals surface area (Å²) in [6.07, 6.45) is 1.36. The van der Waals surface area contributed by atoms with E-state index in [1.54, 1.807) is 11.0 Å². The molecule has 1 N–H and O–H groups in total. The third-order valence-corrected chi connectivity index (χ3v) is 3.31. The number of para-hydroxylation sites is 1. The summed E-state index contributed by atoms with van der Waals surface area (Å²) < 4.78 is 9.86. The minimum Gasteiger partial charge on any atom is -0.459 e. The number of esters is 1. The van der Waals surface area contributed by atoms with Crippen LogP contribution in [0.4, 0.5) is 5.69 Å². The molecule has 0 saturated heterocycles. The maximum absolute atomic E-state index is 12.4. The fourth-order valence-electron chi connectivity index (χ4n) is 2.23. The molecular formula is C18H20N2O5. The molecule has 0 fully saturated rings. The molecule has 0 aliphatic rings. The zero-order valence-corrected chi connectivity index (χ0v) is 14.1. The zero-order valence-electron chi connectivity index (χ0n) is 14.1. The predicted octanol–water partition coefficient (Wildman–Crippen LogP) is 1.99. The number of rotatable bonds is 7. The van der Waals surface area contributed by atoms with Gasteiger partial charge in [-0.05, 0) is 38.1 Å². The van der Waals surface area contributed by atoms with Crippen molar-refractivity contribution in [1.82, 2.24) is 5.32 Å². The van der Waals surface area contributed by atoms with Crippen molar-refractivity contribution < 1.29 is 23.5 Å². The van der Waals surface area contributed by atoms with Gasteiger partial charge in [0, 0.05) is 11.7 Å². The number of nitrogens with zero attached hydrogens (tertiary/aromatic N) is 1. The van der Waals surface area contributed by atoms with E-state index >= 15 is 0 Å². The fraction of sp³-hybridized carbons (Fsp3) is 0.278. The van der Waals surface area contributed by atoms with Gasteiger partial charge in [-0.2, -0.15) is 0 Å². The number of hydrogen-bond donors (Lipinski definition) is 1. The van der Waals surface area contributed by atoms with Gasteiger partial charge in [-0.15, -0.1) is 0 Å². The van der Waals surface area contributed by atoms with E-state index in [-0.39, 0.29) is 24.3 Å². The van der Waals surface area contributed by atoms with E-state index in [1.807, 2.05) is 44.2 Å². The fourth-order valence-corrected chi connectivity index (χ4v) is 2.23. The first kappa shape index (κ1) is 18.3. The average Bonchev–Trinajstić information content (AvgIpc) is 3.13. The monoisotopic (exact) mass is 344 g/mol. The largest absolute Gasteiger partial charge is 0.459 e. The highest BCUT2D eigenvalue weighted by Crippen LogP contribution is 2.16. The first-order chi connectivity index (χ1) is 12.0. The third-order valence-electron chi connectivity index (χ3n) is 3.31. The van der Waals surface area contributed by atoms with Crippen LogP contribution in [0, 0.1) is 0 Å². The predicted molar refractivity (Wildman–Crippen MR) is 91.1 cm³/mol. The maximum Gasteiger partial charge on any atom is 0.325 e. The molecule has 0 radical (unpaired) electrons. The standard InChI is InChI=1S/C18H20N2O5/c1-13(2)20(14-7-4-3-5-8-14)16(21)12-25-17(22)11-19-18(23)15-9-6-10-24-15/h3-10,13H,11-12H2,1-2H3,(H,19,23). The molecule has 0 bridgehead atoms. The highest BCUT2D eigenvalue weighted by molar-refractivity contribution is 5.96. The van der Waals surface area contributed by atoms with Crippen LogP contribution >= 0.6 is 0 Å². The summed E-state index contributed by atoms with van der Waals surface area (Å²) in [5.41, 5.74) is 0.727. The lowest BCUT2D eigenvalue weighted by molar-refractivity contribution is -0.146. The van der Waals surface area contributed by atoms with Crippen molar-refractivity contribution in [2.45, 2.75) is 19.9 Å². The molecule has 7 heteroatoms. The molecule has 0 spiro atoms. The second kappa shape index (κ2) is 8.68. The van der Waals surface area contributed by atoms with Gasteiger partial charge in [0.15, 0.2) is 12.4 Å². The van der Waals surface area contributed by atoms with E-state index in [1.165, 1.54) is 12.3 Å². The van der Waals surface area contributed by atoms with E-state index in [4.69, 9.17) is 9.15 Å². The highest BCUT2D eigenvalue weighted by atomic mass is 16.5. The smallest absolute Gasteiger partial charge is 0.325 e. The van der Waals surface area contributed by atoms with Gasteiger partial charge < -0.3 is 19.4 Å². The van der Waals surface area contributed by atoms with Crippen molar-refractivity contribution >= 4 is 23.5 Å². The van der Waals surface area contributed by atoms with Crippen molar-refractivity contribution in [2.24, 2.45) is 0 Å². The van der Waals surface area contributed by atoms with Gasteiger partial charge in [0.05, 0.1) is 6.26 Å². The normalized spacial score (nSPS) is 10.4. The van der Waals surface area contributed by atoms with Gasteiger partial charge in [-0.1, -0.05) is 18.2 Å². The zero-order chi connectivity index (χ0) is 18.2. The minimum absolute atomic E-state index is 0.0905. The molecule has 0 atom stereocenters. The molecule has 132 valence electrons. The lowest BCUT2D eigenvalue weighted by atomic mass is 10.2. The van der Waals surface area contributed by atoms with Crippen LogP contribution in [0.5, 0.6) is 0 Å². The molecule has 7 nitrogen and oxygen atoms in total. The van der Waals surface area contributed by atoms with Crippen LogP contribution < -0.4 is 10.2 Å². The molecule has 1 aromatic heterocycles. The van der Waals surface area contributed by atoms with E-state index in [2.05, 4.69) is 5.32 Å². The topological polar surface area (TPSA) is 88.9 Å².